The zero-order valence-corrected chi connectivity index (χ0v) is 30.7. The van der Waals surface area contributed by atoms with E-state index in [9.17, 15) is 0 Å². The Bertz CT molecular complexity index is 2850. The van der Waals surface area contributed by atoms with Crippen LogP contribution in [0.25, 0.3) is 66.6 Å². The normalized spacial score (nSPS) is 11.6. The molecule has 5 aromatic carbocycles. The number of hydrogen-bond donors (Lipinski definition) is 0. The Labute approximate surface area is 322 Å². The van der Waals surface area contributed by atoms with Crippen LogP contribution in [0.15, 0.2) is 158 Å². The van der Waals surface area contributed by atoms with Gasteiger partial charge in [0.05, 0.1) is 28.3 Å². The number of pyridine rings is 2. The van der Waals surface area contributed by atoms with Crippen molar-refractivity contribution in [1.29, 1.82) is 0 Å². The minimum Gasteiger partial charge on any atom is -0.457 e. The number of para-hydroxylation sites is 2. The van der Waals surface area contributed by atoms with E-state index in [0.29, 0.717) is 41.2 Å². The van der Waals surface area contributed by atoms with E-state index >= 15 is 0 Å². The summed E-state index contributed by atoms with van der Waals surface area (Å²) < 4.78 is 18.2. The summed E-state index contributed by atoms with van der Waals surface area (Å²) in [6.45, 7) is 4.39. The Morgan fingerprint density at radius 3 is 1.50 bits per heavy atom. The van der Waals surface area contributed by atoms with Crippen LogP contribution in [-0.4, -0.2) is 34.3 Å². The molecule has 0 spiro atoms. The van der Waals surface area contributed by atoms with Gasteiger partial charge in [-0.3, -0.25) is 9.13 Å². The van der Waals surface area contributed by atoms with Gasteiger partial charge in [0.15, 0.2) is 5.82 Å². The highest BCUT2D eigenvalue weighted by atomic mass is 16.5. The van der Waals surface area contributed by atoms with Gasteiger partial charge in [-0.1, -0.05) is 62.4 Å². The molecule has 0 aliphatic rings. The number of benzene rings is 5. The van der Waals surface area contributed by atoms with E-state index in [4.69, 9.17) is 19.4 Å². The molecule has 0 saturated carbocycles. The van der Waals surface area contributed by atoms with Gasteiger partial charge in [-0.15, -0.1) is 5.10 Å². The lowest BCUT2D eigenvalue weighted by Crippen LogP contribution is -2.03. The maximum Gasteiger partial charge on any atom is 0.181 e. The number of hydrogen-bond acceptors (Lipinski definition) is 7. The first-order valence-corrected chi connectivity index (χ1v) is 18.6. The van der Waals surface area contributed by atoms with Crippen molar-refractivity contribution in [2.45, 2.75) is 20.3 Å². The van der Waals surface area contributed by atoms with Crippen LogP contribution in [0.2, 0.25) is 0 Å². The zero-order chi connectivity index (χ0) is 37.6. The minimum absolute atomic E-state index is 0.295. The van der Waals surface area contributed by atoms with Crippen molar-refractivity contribution in [3.8, 4) is 46.0 Å². The highest BCUT2D eigenvalue weighted by Crippen LogP contribution is 2.43. The molecule has 0 unspecified atom stereocenters. The average molecular weight is 730 g/mol. The van der Waals surface area contributed by atoms with Crippen molar-refractivity contribution in [2.75, 3.05) is 0 Å². The Morgan fingerprint density at radius 2 is 1.02 bits per heavy atom. The smallest absolute Gasteiger partial charge is 0.181 e. The third-order valence-electron chi connectivity index (χ3n) is 10.0. The molecule has 270 valence electrons. The van der Waals surface area contributed by atoms with E-state index in [1.165, 1.54) is 0 Å². The van der Waals surface area contributed by atoms with Crippen molar-refractivity contribution in [1.82, 2.24) is 34.3 Å². The lowest BCUT2D eigenvalue weighted by molar-refractivity contribution is 0.442. The number of ether oxygens (including phenoxy) is 2. The van der Waals surface area contributed by atoms with E-state index in [2.05, 4.69) is 111 Å². The molecule has 5 heterocycles. The molecule has 0 bridgehead atoms. The molecule has 0 amide bonds. The van der Waals surface area contributed by atoms with E-state index < -0.39 is 0 Å². The minimum atomic E-state index is 0.295. The largest absolute Gasteiger partial charge is 0.457 e. The summed E-state index contributed by atoms with van der Waals surface area (Å²) in [6.07, 6.45) is 7.54. The first kappa shape index (κ1) is 33.2. The molecule has 0 radical (unpaired) electrons. The Morgan fingerprint density at radius 1 is 0.500 bits per heavy atom. The first-order valence-electron chi connectivity index (χ1n) is 18.6. The molecule has 0 N–H and O–H groups in total. The summed E-state index contributed by atoms with van der Waals surface area (Å²) in [4.78, 5) is 14.0. The predicted octanol–water partition coefficient (Wildman–Crippen LogP) is 11.3. The quantitative estimate of drug-likeness (QED) is 0.146. The van der Waals surface area contributed by atoms with E-state index in [-0.39, 0.29) is 0 Å². The summed E-state index contributed by atoms with van der Waals surface area (Å²) in [5, 5.41) is 13.0. The van der Waals surface area contributed by atoms with Gasteiger partial charge in [0, 0.05) is 63.4 Å². The van der Waals surface area contributed by atoms with E-state index in [0.717, 1.165) is 66.4 Å². The number of aromatic nitrogens is 7. The lowest BCUT2D eigenvalue weighted by Gasteiger charge is -2.19. The van der Waals surface area contributed by atoms with Gasteiger partial charge >= 0.3 is 0 Å². The molecule has 10 aromatic rings. The van der Waals surface area contributed by atoms with Gasteiger partial charge in [0.1, 0.15) is 34.6 Å². The molecule has 10 rings (SSSR count). The second-order valence-electron chi connectivity index (χ2n) is 14.2. The Hall–Kier alpha value is -7.39. The van der Waals surface area contributed by atoms with Crippen LogP contribution in [0, 0.1) is 5.92 Å². The maximum absolute atomic E-state index is 6.93. The van der Waals surface area contributed by atoms with Crippen LogP contribution in [0.3, 0.4) is 0 Å². The molecule has 0 atom stereocenters. The average Bonchev–Trinajstić information content (AvgIpc) is 3.75. The second kappa shape index (κ2) is 13.8. The number of nitrogens with zero attached hydrogens (tertiary/aromatic N) is 7. The summed E-state index contributed by atoms with van der Waals surface area (Å²) in [5.74, 6) is 5.10. The van der Waals surface area contributed by atoms with Crippen molar-refractivity contribution < 1.29 is 9.47 Å². The van der Waals surface area contributed by atoms with Crippen LogP contribution < -0.4 is 9.47 Å². The van der Waals surface area contributed by atoms with Crippen molar-refractivity contribution in [3.05, 3.63) is 164 Å². The highest BCUT2D eigenvalue weighted by molar-refractivity contribution is 6.10. The molecule has 56 heavy (non-hydrogen) atoms. The lowest BCUT2D eigenvalue weighted by atomic mass is 9.98. The van der Waals surface area contributed by atoms with Crippen LogP contribution >= 0.6 is 0 Å². The van der Waals surface area contributed by atoms with Crippen LogP contribution in [-0.2, 0) is 6.42 Å². The fourth-order valence-corrected chi connectivity index (χ4v) is 7.67. The number of fused-ring (bicyclic) bond motifs is 6. The van der Waals surface area contributed by atoms with Crippen LogP contribution in [0.4, 0.5) is 0 Å². The number of rotatable bonds is 9. The van der Waals surface area contributed by atoms with Crippen LogP contribution in [0.5, 0.6) is 23.0 Å². The standard InChI is InChI=1S/C47H35N7O2/c1-30(2)25-38-43(55-32-17-19-36-34-11-3-5-13-39(34)53(41(36)28-32)45-15-7-9-21-48-45)26-31(47-50-23-24-51-52-47)27-44(38)56-33-18-20-37-35-12-4-6-14-40(35)54(42(37)29-33)46-16-8-10-22-49-46/h3-24,26-30H,25H2,1-2H3. The molecule has 0 aliphatic carbocycles. The fourth-order valence-electron chi connectivity index (χ4n) is 7.67. The highest BCUT2D eigenvalue weighted by Gasteiger charge is 2.21. The van der Waals surface area contributed by atoms with Crippen LogP contribution in [0.1, 0.15) is 19.4 Å². The molecule has 0 aliphatic heterocycles. The zero-order valence-electron chi connectivity index (χ0n) is 30.7. The summed E-state index contributed by atoms with van der Waals surface area (Å²) in [5.41, 5.74) is 5.79. The Balaban J connectivity index is 1.13. The van der Waals surface area contributed by atoms with Gasteiger partial charge < -0.3 is 9.47 Å². The van der Waals surface area contributed by atoms with Crippen molar-refractivity contribution in [3.63, 3.8) is 0 Å². The molecule has 9 nitrogen and oxygen atoms in total. The van der Waals surface area contributed by atoms with Gasteiger partial charge in [0.2, 0.25) is 0 Å². The molecule has 0 saturated heterocycles. The molecule has 0 fully saturated rings. The third kappa shape index (κ3) is 5.86. The summed E-state index contributed by atoms with van der Waals surface area (Å²) >= 11 is 0. The molecular weight excluding hydrogens is 695 g/mol. The maximum atomic E-state index is 6.93. The van der Waals surface area contributed by atoms with Crippen molar-refractivity contribution >= 4 is 43.6 Å². The van der Waals surface area contributed by atoms with E-state index in [1.54, 1.807) is 12.4 Å². The summed E-state index contributed by atoms with van der Waals surface area (Å²) in [6, 6.07) is 45.1. The predicted molar refractivity (Wildman–Crippen MR) is 221 cm³/mol. The fraction of sp³-hybridized carbons (Fsp3) is 0.0851. The molecule has 9 heteroatoms. The van der Waals surface area contributed by atoms with Crippen molar-refractivity contribution in [2.24, 2.45) is 5.92 Å². The monoisotopic (exact) mass is 729 g/mol. The second-order valence-corrected chi connectivity index (χ2v) is 14.2. The molecule has 5 aromatic heterocycles. The first-order chi connectivity index (χ1) is 27.6. The van der Waals surface area contributed by atoms with E-state index in [1.807, 2.05) is 73.1 Å². The van der Waals surface area contributed by atoms with Gasteiger partial charge in [-0.25, -0.2) is 15.0 Å². The van der Waals surface area contributed by atoms with Gasteiger partial charge in [0.25, 0.3) is 0 Å². The Kier molecular flexibility index (Phi) is 8.17. The summed E-state index contributed by atoms with van der Waals surface area (Å²) in [7, 11) is 0. The van der Waals surface area contributed by atoms with Gasteiger partial charge in [-0.2, -0.15) is 5.10 Å². The topological polar surface area (TPSA) is 92.8 Å². The third-order valence-corrected chi connectivity index (χ3v) is 10.0. The SMILES string of the molecule is CC(C)Cc1c(Oc2ccc3c4ccccc4n(-c4ccccn4)c3c2)cc(-c2nccnn2)cc1Oc1ccc2c3ccccc3n(-c3ccccn3)c2c1. The van der Waals surface area contributed by atoms with Gasteiger partial charge in [-0.05, 0) is 85.1 Å². The molecular formula is C47H35N7O2.